The third-order valence-electron chi connectivity index (χ3n) is 7.40. The van der Waals surface area contributed by atoms with E-state index in [1.165, 1.54) is 13.8 Å². The van der Waals surface area contributed by atoms with E-state index in [-0.39, 0.29) is 90.1 Å². The van der Waals surface area contributed by atoms with E-state index >= 15 is 0 Å². The van der Waals surface area contributed by atoms with Gasteiger partial charge < -0.3 is 67.2 Å². The number of hydrogen-bond donors (Lipinski definition) is 6. The molecule has 323 valence electrons. The summed E-state index contributed by atoms with van der Waals surface area (Å²) in [6.07, 6.45) is 11.0. The summed E-state index contributed by atoms with van der Waals surface area (Å²) in [5, 5.41) is 14.3. The van der Waals surface area contributed by atoms with E-state index < -0.39 is 46.8 Å². The maximum absolute atomic E-state index is 12.5. The van der Waals surface area contributed by atoms with Crippen LogP contribution in [0.4, 0.5) is 0 Å². The summed E-state index contributed by atoms with van der Waals surface area (Å²) >= 11 is 0. The summed E-state index contributed by atoms with van der Waals surface area (Å²) in [5.74, 6) is -4.37. The van der Waals surface area contributed by atoms with Gasteiger partial charge in [-0.1, -0.05) is 0 Å². The summed E-state index contributed by atoms with van der Waals surface area (Å²) in [5.41, 5.74) is 3.74. The van der Waals surface area contributed by atoms with Gasteiger partial charge in [-0.3, -0.25) is 9.59 Å². The van der Waals surface area contributed by atoms with E-state index in [0.29, 0.717) is 19.3 Å². The average molecular weight is 841 g/mol. The number of nitrogens with zero attached hydrogens (tertiary/aromatic N) is 3. The second-order valence-electron chi connectivity index (χ2n) is 11.8. The van der Waals surface area contributed by atoms with Gasteiger partial charge in [0.25, 0.3) is 0 Å². The van der Waals surface area contributed by atoms with Crippen LogP contribution in [0.3, 0.4) is 0 Å². The molecule has 0 saturated carbocycles. The van der Waals surface area contributed by atoms with Crippen LogP contribution in [-0.4, -0.2) is 127 Å². The largest absolute Gasteiger partial charge is 1.00 e. The van der Waals surface area contributed by atoms with Gasteiger partial charge in [-0.25, -0.2) is 29.1 Å². The first-order valence-corrected chi connectivity index (χ1v) is 18.6. The molecular formula is C37H60BN9NaO11. The van der Waals surface area contributed by atoms with Gasteiger partial charge >= 0.3 is 53.4 Å². The second-order valence-corrected chi connectivity index (χ2v) is 11.8. The van der Waals surface area contributed by atoms with Crippen LogP contribution in [0.15, 0.2) is 25.0 Å². The molecule has 22 heteroatoms. The number of amides is 2. The molecule has 0 aliphatic heterocycles. The van der Waals surface area contributed by atoms with Crippen LogP contribution in [-0.2, 0) is 65.4 Å². The Bertz CT molecular complexity index is 1430. The number of H-pyrrole nitrogens is 2. The fourth-order valence-electron chi connectivity index (χ4n) is 4.96. The molecule has 59 heavy (non-hydrogen) atoms. The molecule has 20 nitrogen and oxygen atoms in total. The summed E-state index contributed by atoms with van der Waals surface area (Å²) in [4.78, 5) is 96.2. The number of ether oxygens (including phenoxy) is 4. The van der Waals surface area contributed by atoms with Crippen molar-refractivity contribution in [2.45, 2.75) is 104 Å². The zero-order valence-electron chi connectivity index (χ0n) is 35.5. The van der Waals surface area contributed by atoms with Crippen molar-refractivity contribution in [1.29, 1.82) is 5.26 Å². The Balaban J connectivity index is -0.000000414. The van der Waals surface area contributed by atoms with Crippen molar-refractivity contribution < 1.29 is 82.1 Å². The van der Waals surface area contributed by atoms with Gasteiger partial charge in [0.1, 0.15) is 6.29 Å². The third-order valence-corrected chi connectivity index (χ3v) is 7.40. The number of esters is 4. The number of nitrogens with two attached hydrogens (primary N) is 1. The van der Waals surface area contributed by atoms with Gasteiger partial charge in [0.2, 0.25) is 22.9 Å². The summed E-state index contributed by atoms with van der Waals surface area (Å²) < 4.78 is 19.8. The van der Waals surface area contributed by atoms with Gasteiger partial charge in [-0.2, -0.15) is 0 Å². The molecule has 2 rings (SSSR count). The molecule has 2 amide bonds. The number of rotatable bonds is 24. The molecule has 2 aromatic rings. The van der Waals surface area contributed by atoms with E-state index in [4.69, 9.17) is 36.5 Å². The zero-order valence-corrected chi connectivity index (χ0v) is 37.5. The van der Waals surface area contributed by atoms with E-state index in [0.717, 1.165) is 43.7 Å². The maximum Gasteiger partial charge on any atom is 1.00 e. The molecule has 0 aromatic carbocycles. The molecule has 0 spiro atoms. The molecule has 0 fully saturated rings. The molecule has 0 aliphatic carbocycles. The number of aromatic amines is 2. The number of carbonyl (C=O) groups excluding carboxylic acids is 7. The van der Waals surface area contributed by atoms with Gasteiger partial charge in [-0.15, -0.1) is 0 Å². The third kappa shape index (κ3) is 24.8. The van der Waals surface area contributed by atoms with E-state index in [9.17, 15) is 33.6 Å². The minimum Gasteiger partial charge on any atom is -0.512 e. The summed E-state index contributed by atoms with van der Waals surface area (Å²) in [6.45, 7) is 16.2. The predicted octanol–water partition coefficient (Wildman–Crippen LogP) is -2.30. The molecule has 0 bridgehead atoms. The SMILES string of the molecule is CCOC(=O)C(CCCC=O)(NC(C)=O)C(=O)OCC.CCOC(=O)C(CCCCNCCc1cnc[nH]1)(NC(C)=O)C(=O)OCC.NCCc1cnc[nH]1.[B].[C-]#N.[Na+]. The molecule has 0 atom stereocenters. The molecule has 2 aromatic heterocycles. The number of nitrogens with one attached hydrogen (secondary N) is 5. The van der Waals surface area contributed by atoms with Gasteiger partial charge in [-0.05, 0) is 72.9 Å². The maximum atomic E-state index is 12.5. The predicted molar refractivity (Wildman–Crippen MR) is 211 cm³/mol. The van der Waals surface area contributed by atoms with Crippen molar-refractivity contribution in [3.63, 3.8) is 0 Å². The van der Waals surface area contributed by atoms with Crippen LogP contribution < -0.4 is 51.2 Å². The average Bonchev–Trinajstić information content (AvgIpc) is 3.90. The van der Waals surface area contributed by atoms with Crippen LogP contribution in [0.5, 0.6) is 0 Å². The molecule has 2 heterocycles. The second kappa shape index (κ2) is 37.6. The van der Waals surface area contributed by atoms with Crippen molar-refractivity contribution in [3.05, 3.63) is 43.0 Å². The Morgan fingerprint density at radius 2 is 1.10 bits per heavy atom. The first-order chi connectivity index (χ1) is 27.3. The Morgan fingerprint density at radius 3 is 1.42 bits per heavy atom. The monoisotopic (exact) mass is 840 g/mol. The van der Waals surface area contributed by atoms with Crippen LogP contribution in [0.25, 0.3) is 0 Å². The first kappa shape index (κ1) is 61.1. The smallest absolute Gasteiger partial charge is 0.512 e. The van der Waals surface area contributed by atoms with Crippen molar-refractivity contribution >= 4 is 50.4 Å². The molecule has 3 radical (unpaired) electrons. The molecule has 0 saturated heterocycles. The van der Waals surface area contributed by atoms with Crippen molar-refractivity contribution in [2.75, 3.05) is 46.1 Å². The number of unbranched alkanes of at least 4 members (excludes halogenated alkanes) is 2. The van der Waals surface area contributed by atoms with Crippen molar-refractivity contribution in [3.8, 4) is 0 Å². The van der Waals surface area contributed by atoms with Crippen molar-refractivity contribution in [1.82, 2.24) is 35.9 Å². The number of hydrogen-bond acceptors (Lipinski definition) is 16. The van der Waals surface area contributed by atoms with E-state index in [1.807, 2.05) is 0 Å². The number of imidazole rings is 2. The van der Waals surface area contributed by atoms with Crippen LogP contribution in [0, 0.1) is 11.8 Å². The fraction of sp³-hybridized carbons (Fsp3) is 0.622. The first-order valence-electron chi connectivity index (χ1n) is 18.6. The Morgan fingerprint density at radius 1 is 0.712 bits per heavy atom. The molecule has 0 unspecified atom stereocenters. The molecule has 7 N–H and O–H groups in total. The topological polar surface area (TPSA) is 300 Å². The molecular weight excluding hydrogens is 780 g/mol. The van der Waals surface area contributed by atoms with Crippen LogP contribution >= 0.6 is 0 Å². The normalized spacial score (nSPS) is 9.98. The molecule has 0 aliphatic rings. The number of aromatic nitrogens is 4. The van der Waals surface area contributed by atoms with Gasteiger partial charge in [0.15, 0.2) is 0 Å². The standard InChI is InChI=1S/C18H30N4O5.C13H21NO6.C5H9N3.CN.B.Na/c1-4-26-16(24)18(22-14(3)23,17(25)27-5-2)9-6-7-10-19-11-8-15-12-20-13-21-15;1-4-19-11(17)13(14-10(3)16,8-6-7-9-15)12(18)20-5-2;6-2-1-5-3-7-4-8-5;1-2;;/h12-13,19H,4-11H2,1-3H3,(H,20,21)(H,22,23);9H,4-8H2,1-3H3,(H,14,16);3-4H,1-2,6H2,(H,7,8);;;/q;;;-1;;+1. The summed E-state index contributed by atoms with van der Waals surface area (Å²) in [7, 11) is 0. The minimum absolute atomic E-state index is 0. The minimum atomic E-state index is -1.89. The Labute approximate surface area is 370 Å². The Kier molecular flexibility index (Phi) is 39.0. The van der Waals surface area contributed by atoms with Crippen LogP contribution in [0.2, 0.25) is 0 Å². The summed E-state index contributed by atoms with van der Waals surface area (Å²) in [6, 6.07) is 0. The quantitative estimate of drug-likeness (QED) is 0.0123. The van der Waals surface area contributed by atoms with Gasteiger partial charge in [0, 0.05) is 71.8 Å². The Hall–Kier alpha value is -4.62. The van der Waals surface area contributed by atoms with Gasteiger partial charge in [0.05, 0.1) is 39.1 Å². The number of carbonyl (C=O) groups is 7. The fourth-order valence-corrected chi connectivity index (χ4v) is 4.96. The van der Waals surface area contributed by atoms with Crippen molar-refractivity contribution in [2.24, 2.45) is 5.73 Å². The van der Waals surface area contributed by atoms with E-state index in [2.05, 4.69) is 35.9 Å². The van der Waals surface area contributed by atoms with E-state index in [1.54, 1.807) is 52.7 Å². The zero-order chi connectivity index (χ0) is 43.5. The van der Waals surface area contributed by atoms with Crippen LogP contribution in [0.1, 0.15) is 91.5 Å². The number of aldehydes is 1.